The van der Waals surface area contributed by atoms with Crippen LogP contribution in [-0.2, 0) is 0 Å². The van der Waals surface area contributed by atoms with Gasteiger partial charge in [-0.15, -0.1) is 4.68 Å². The molecule has 2 nitrogen and oxygen atoms in total. The van der Waals surface area contributed by atoms with Gasteiger partial charge in [0, 0.05) is 6.42 Å². The fourth-order valence-electron chi connectivity index (χ4n) is 5.15. The van der Waals surface area contributed by atoms with Gasteiger partial charge in [0.1, 0.15) is 4.99 Å². The fraction of sp³-hybridized carbons (Fsp3) is 0.931. The predicted octanol–water partition coefficient (Wildman–Crippen LogP) is 9.54. The molecule has 0 amide bonds. The quantitative estimate of drug-likeness (QED) is 0.0917. The highest BCUT2D eigenvalue weighted by Gasteiger charge is 2.34. The Morgan fingerprint density at radius 3 is 1.41 bits per heavy atom. The van der Waals surface area contributed by atoms with Crippen molar-refractivity contribution in [3.8, 4) is 0 Å². The summed E-state index contributed by atoms with van der Waals surface area (Å²) in [6.07, 6.45) is 32.2. The molecule has 0 radical (unpaired) electrons. The molecule has 188 valence electrons. The van der Waals surface area contributed by atoms with E-state index in [2.05, 4.69) is 31.0 Å². The van der Waals surface area contributed by atoms with Crippen LogP contribution in [0.15, 0.2) is 0 Å². The molecule has 32 heavy (non-hydrogen) atoms. The van der Waals surface area contributed by atoms with Gasteiger partial charge in [-0.05, 0) is 12.8 Å². The molecule has 1 unspecified atom stereocenters. The van der Waals surface area contributed by atoms with Crippen molar-refractivity contribution in [3.05, 3.63) is 0 Å². The van der Waals surface area contributed by atoms with E-state index < -0.39 is 0 Å². The normalized spacial score (nSPS) is 16.2. The predicted molar refractivity (Wildman–Crippen MR) is 148 cm³/mol. The van der Waals surface area contributed by atoms with Crippen LogP contribution in [0.2, 0.25) is 0 Å². The Morgan fingerprint density at radius 2 is 0.969 bits per heavy atom. The maximum atomic E-state index is 5.65. The second kappa shape index (κ2) is 21.1. The van der Waals surface area contributed by atoms with Gasteiger partial charge in [-0.1, -0.05) is 154 Å². The zero-order chi connectivity index (χ0) is 23.3. The summed E-state index contributed by atoms with van der Waals surface area (Å²) in [6, 6.07) is 0. The van der Waals surface area contributed by atoms with Crippen LogP contribution in [0.1, 0.15) is 162 Å². The lowest BCUT2D eigenvalue weighted by Gasteiger charge is -2.08. The van der Waals surface area contributed by atoms with Gasteiger partial charge in [0.05, 0.1) is 5.92 Å². The summed E-state index contributed by atoms with van der Waals surface area (Å²) in [7, 11) is 2.16. The van der Waals surface area contributed by atoms with Crippen molar-refractivity contribution in [2.45, 2.75) is 162 Å². The van der Waals surface area contributed by atoms with Crippen LogP contribution in [0, 0.1) is 5.92 Å². The van der Waals surface area contributed by atoms with Gasteiger partial charge < -0.3 is 0 Å². The SMILES string of the molecule is CCCCCCCCCCCCCCCCCC1=[N+](C)NC(=S)C1CCCCCCCC. The highest BCUT2D eigenvalue weighted by Crippen LogP contribution is 2.21. The van der Waals surface area contributed by atoms with Crippen LogP contribution in [0.4, 0.5) is 0 Å². The molecule has 1 heterocycles. The molecule has 3 heteroatoms. The number of thiocarbonyl (C=S) groups is 1. The largest absolute Gasteiger partial charge is 0.192 e. The Morgan fingerprint density at radius 1 is 0.594 bits per heavy atom. The van der Waals surface area contributed by atoms with Crippen LogP contribution in [0.3, 0.4) is 0 Å². The third kappa shape index (κ3) is 14.7. The molecule has 0 aliphatic carbocycles. The minimum Gasteiger partial charge on any atom is -0.159 e. The number of nitrogens with zero attached hydrogens (tertiary/aromatic N) is 1. The van der Waals surface area contributed by atoms with Gasteiger partial charge in [-0.25, -0.2) is 0 Å². The van der Waals surface area contributed by atoms with E-state index in [4.69, 9.17) is 12.2 Å². The Kier molecular flexibility index (Phi) is 19.5. The average molecular weight is 466 g/mol. The molecular weight excluding hydrogens is 408 g/mol. The minimum atomic E-state index is 0.507. The first-order valence-corrected chi connectivity index (χ1v) is 15.0. The van der Waals surface area contributed by atoms with Crippen molar-refractivity contribution in [2.24, 2.45) is 5.92 Å². The molecule has 0 aromatic carbocycles. The van der Waals surface area contributed by atoms with Gasteiger partial charge in [0.25, 0.3) is 0 Å². The van der Waals surface area contributed by atoms with E-state index in [1.807, 2.05) is 0 Å². The lowest BCUT2D eigenvalue weighted by Crippen LogP contribution is -2.24. The topological polar surface area (TPSA) is 15.0 Å². The number of hydrogen-bond donors (Lipinski definition) is 1. The third-order valence-electron chi connectivity index (χ3n) is 7.31. The van der Waals surface area contributed by atoms with Crippen molar-refractivity contribution in [2.75, 3.05) is 7.05 Å². The first kappa shape index (κ1) is 29.6. The number of hydrazone groups is 1. The Bertz CT molecular complexity index is 486. The molecule has 0 bridgehead atoms. The van der Waals surface area contributed by atoms with E-state index in [9.17, 15) is 0 Å². The highest BCUT2D eigenvalue weighted by atomic mass is 32.1. The molecule has 1 rings (SSSR count). The second-order valence-corrected chi connectivity index (χ2v) is 10.8. The van der Waals surface area contributed by atoms with Crippen LogP contribution >= 0.6 is 12.2 Å². The van der Waals surface area contributed by atoms with Gasteiger partial charge in [0.15, 0.2) is 12.8 Å². The summed E-state index contributed by atoms with van der Waals surface area (Å²) in [5.41, 5.74) is 4.96. The third-order valence-corrected chi connectivity index (χ3v) is 7.69. The van der Waals surface area contributed by atoms with Gasteiger partial charge in [-0.3, -0.25) is 0 Å². The van der Waals surface area contributed by atoms with E-state index in [0.717, 1.165) is 4.99 Å². The Labute approximate surface area is 207 Å². The van der Waals surface area contributed by atoms with Crippen LogP contribution < -0.4 is 5.43 Å². The molecule has 1 aliphatic heterocycles. The number of nitrogens with one attached hydrogen (secondary N) is 1. The maximum absolute atomic E-state index is 5.65. The summed E-state index contributed by atoms with van der Waals surface area (Å²) in [4.78, 5) is 1.07. The van der Waals surface area contributed by atoms with E-state index in [-0.39, 0.29) is 0 Å². The number of hydrazine groups is 1. The van der Waals surface area contributed by atoms with Gasteiger partial charge in [0.2, 0.25) is 0 Å². The highest BCUT2D eigenvalue weighted by molar-refractivity contribution is 7.80. The zero-order valence-electron chi connectivity index (χ0n) is 22.2. The molecule has 0 saturated heterocycles. The summed E-state index contributed by atoms with van der Waals surface area (Å²) in [5, 5.41) is 0. The zero-order valence-corrected chi connectivity index (χ0v) is 23.0. The van der Waals surface area contributed by atoms with Crippen molar-refractivity contribution in [1.29, 1.82) is 0 Å². The maximum Gasteiger partial charge on any atom is 0.192 e. The minimum absolute atomic E-state index is 0.507. The smallest absolute Gasteiger partial charge is 0.159 e. The molecular formula is C29H57N2S+. The molecule has 0 fully saturated rings. The average Bonchev–Trinajstić information content (AvgIpc) is 3.05. The van der Waals surface area contributed by atoms with E-state index in [1.54, 1.807) is 5.71 Å². The molecule has 0 spiro atoms. The first-order chi connectivity index (χ1) is 15.7. The van der Waals surface area contributed by atoms with Gasteiger partial charge >= 0.3 is 0 Å². The standard InChI is InChI=1S/C29H56N2S/c1-4-6-8-10-12-13-14-15-16-17-18-19-20-22-24-26-28-27(29(32)30-31(28)3)25-23-21-11-9-7-5-2/h27H,4-26H2,1-3H3/p+1. The lowest BCUT2D eigenvalue weighted by molar-refractivity contribution is -0.537. The van der Waals surface area contributed by atoms with Crippen molar-refractivity contribution in [3.63, 3.8) is 0 Å². The molecule has 1 atom stereocenters. The van der Waals surface area contributed by atoms with Crippen LogP contribution in [0.25, 0.3) is 0 Å². The molecule has 0 aromatic heterocycles. The molecule has 1 N–H and O–H groups in total. The number of unbranched alkanes of at least 4 members (excludes halogenated alkanes) is 19. The number of rotatable bonds is 23. The Balaban J connectivity index is 1.98. The van der Waals surface area contributed by atoms with E-state index >= 15 is 0 Å². The summed E-state index contributed by atoms with van der Waals surface area (Å²) in [5.74, 6) is 0.507. The van der Waals surface area contributed by atoms with Crippen molar-refractivity contribution in [1.82, 2.24) is 5.43 Å². The molecule has 0 saturated carbocycles. The first-order valence-electron chi connectivity index (χ1n) is 14.6. The van der Waals surface area contributed by atoms with Crippen LogP contribution in [-0.4, -0.2) is 22.4 Å². The van der Waals surface area contributed by atoms with E-state index in [0.29, 0.717) is 5.92 Å². The van der Waals surface area contributed by atoms with Gasteiger partial charge in [-0.2, -0.15) is 5.43 Å². The van der Waals surface area contributed by atoms with E-state index in [1.165, 1.54) is 148 Å². The number of hydrogen-bond acceptors (Lipinski definition) is 1. The molecule has 0 aromatic rings. The summed E-state index contributed by atoms with van der Waals surface area (Å²) < 4.78 is 2.23. The van der Waals surface area contributed by atoms with Crippen molar-refractivity contribution >= 4 is 22.9 Å². The summed E-state index contributed by atoms with van der Waals surface area (Å²) >= 11 is 5.65. The lowest BCUT2D eigenvalue weighted by atomic mass is 9.92. The fourth-order valence-corrected chi connectivity index (χ4v) is 5.54. The monoisotopic (exact) mass is 465 g/mol. The van der Waals surface area contributed by atoms with Crippen LogP contribution in [0.5, 0.6) is 0 Å². The second-order valence-electron chi connectivity index (χ2n) is 10.3. The summed E-state index contributed by atoms with van der Waals surface area (Å²) in [6.45, 7) is 4.59. The van der Waals surface area contributed by atoms with Crippen molar-refractivity contribution < 1.29 is 4.68 Å². The molecule has 1 aliphatic rings. The Hall–Kier alpha value is -0.440.